The summed E-state index contributed by atoms with van der Waals surface area (Å²) >= 11 is 0. The Morgan fingerprint density at radius 2 is 1.85 bits per heavy atom. The van der Waals surface area contributed by atoms with E-state index in [0.29, 0.717) is 23.4 Å². The Morgan fingerprint density at radius 3 is 2.54 bits per heavy atom. The number of anilines is 2. The van der Waals surface area contributed by atoms with Crippen molar-refractivity contribution in [2.45, 2.75) is 25.3 Å². The zero-order valence-corrected chi connectivity index (χ0v) is 15.7. The smallest absolute Gasteiger partial charge is 0.255 e. The number of pyridine rings is 1. The van der Waals surface area contributed by atoms with Crippen molar-refractivity contribution in [3.05, 3.63) is 54.4 Å². The van der Waals surface area contributed by atoms with E-state index in [9.17, 15) is 9.59 Å². The summed E-state index contributed by atoms with van der Waals surface area (Å²) in [4.78, 5) is 28.3. The molecule has 1 fully saturated rings. The molecule has 2 aromatic rings. The van der Waals surface area contributed by atoms with E-state index in [4.69, 9.17) is 0 Å². The molecule has 3 rings (SSSR count). The van der Waals surface area contributed by atoms with E-state index in [1.54, 1.807) is 48.8 Å². The minimum atomic E-state index is -0.227. The first-order chi connectivity index (χ1) is 11.7. The van der Waals surface area contributed by atoms with Crippen LogP contribution >= 0.6 is 24.8 Å². The second kappa shape index (κ2) is 10.8. The van der Waals surface area contributed by atoms with Gasteiger partial charge < -0.3 is 16.0 Å². The van der Waals surface area contributed by atoms with Gasteiger partial charge in [-0.1, -0.05) is 6.07 Å². The molecular formula is C18H22Cl2N4O2. The number of halogens is 2. The van der Waals surface area contributed by atoms with Crippen molar-refractivity contribution >= 4 is 48.0 Å². The summed E-state index contributed by atoms with van der Waals surface area (Å²) in [6.45, 7) is 0.975. The summed E-state index contributed by atoms with van der Waals surface area (Å²) in [5.41, 5.74) is 1.79. The molecule has 3 N–H and O–H groups in total. The van der Waals surface area contributed by atoms with E-state index in [1.165, 1.54) is 0 Å². The Morgan fingerprint density at radius 1 is 1.08 bits per heavy atom. The molecule has 26 heavy (non-hydrogen) atoms. The van der Waals surface area contributed by atoms with Crippen LogP contribution in [-0.4, -0.2) is 29.4 Å². The molecule has 140 valence electrons. The highest BCUT2D eigenvalue weighted by atomic mass is 35.5. The Balaban J connectivity index is 0.00000169. The quantitative estimate of drug-likeness (QED) is 0.723. The minimum Gasteiger partial charge on any atom is -0.326 e. The van der Waals surface area contributed by atoms with Crippen LogP contribution in [0.4, 0.5) is 11.4 Å². The van der Waals surface area contributed by atoms with Crippen LogP contribution < -0.4 is 16.0 Å². The highest BCUT2D eigenvalue weighted by Gasteiger charge is 2.17. The minimum absolute atomic E-state index is 0. The average molecular weight is 397 g/mol. The number of nitrogens with zero attached hydrogens (tertiary/aromatic N) is 1. The molecule has 8 heteroatoms. The normalized spacial score (nSPS) is 15.3. The molecule has 2 heterocycles. The van der Waals surface area contributed by atoms with Gasteiger partial charge >= 0.3 is 0 Å². The summed E-state index contributed by atoms with van der Waals surface area (Å²) in [5.74, 6) is -0.268. The zero-order valence-electron chi connectivity index (χ0n) is 14.1. The predicted molar refractivity (Wildman–Crippen MR) is 107 cm³/mol. The Bertz CT molecular complexity index is 722. The first-order valence-electron chi connectivity index (χ1n) is 8.05. The number of aromatic nitrogens is 1. The van der Waals surface area contributed by atoms with Crippen LogP contribution in [0.3, 0.4) is 0 Å². The van der Waals surface area contributed by atoms with Gasteiger partial charge in [0.1, 0.15) is 0 Å². The Kier molecular flexibility index (Phi) is 9.05. The number of rotatable bonds is 5. The number of hydrogen-bond acceptors (Lipinski definition) is 4. The first kappa shape index (κ1) is 21.9. The van der Waals surface area contributed by atoms with Gasteiger partial charge in [-0.2, -0.15) is 0 Å². The maximum Gasteiger partial charge on any atom is 0.255 e. The fourth-order valence-electron chi connectivity index (χ4n) is 2.74. The second-order valence-corrected chi connectivity index (χ2v) is 5.82. The Hall–Kier alpha value is -2.15. The lowest BCUT2D eigenvalue weighted by atomic mass is 10.1. The van der Waals surface area contributed by atoms with Crippen molar-refractivity contribution in [1.29, 1.82) is 0 Å². The molecular weight excluding hydrogens is 375 g/mol. The van der Waals surface area contributed by atoms with Crippen LogP contribution in [0.2, 0.25) is 0 Å². The third kappa shape index (κ3) is 6.29. The van der Waals surface area contributed by atoms with Gasteiger partial charge in [0.05, 0.1) is 0 Å². The van der Waals surface area contributed by atoms with Crippen molar-refractivity contribution < 1.29 is 9.59 Å². The summed E-state index contributed by atoms with van der Waals surface area (Å²) in [6.07, 6.45) is 5.82. The van der Waals surface area contributed by atoms with Crippen molar-refractivity contribution in [2.24, 2.45) is 0 Å². The van der Waals surface area contributed by atoms with Gasteiger partial charge in [-0.15, -0.1) is 24.8 Å². The van der Waals surface area contributed by atoms with Crippen molar-refractivity contribution in [3.8, 4) is 0 Å². The SMILES string of the molecule is Cl.Cl.O=C(CC1CCCN1)Nc1cccc(C(=O)Nc2ccncc2)c1. The third-order valence-electron chi connectivity index (χ3n) is 3.94. The molecule has 0 spiro atoms. The van der Waals surface area contributed by atoms with E-state index in [0.717, 1.165) is 19.4 Å². The second-order valence-electron chi connectivity index (χ2n) is 5.82. The third-order valence-corrected chi connectivity index (χ3v) is 3.94. The number of hydrogen-bond donors (Lipinski definition) is 3. The van der Waals surface area contributed by atoms with Gasteiger partial charge in [0.25, 0.3) is 5.91 Å². The van der Waals surface area contributed by atoms with Gasteiger partial charge in [0.15, 0.2) is 0 Å². The van der Waals surface area contributed by atoms with Gasteiger partial charge in [-0.3, -0.25) is 14.6 Å². The molecule has 6 nitrogen and oxygen atoms in total. The molecule has 1 aromatic carbocycles. The van der Waals surface area contributed by atoms with Crippen molar-refractivity contribution in [2.75, 3.05) is 17.2 Å². The fourth-order valence-corrected chi connectivity index (χ4v) is 2.74. The molecule has 0 aliphatic carbocycles. The van der Waals surface area contributed by atoms with E-state index < -0.39 is 0 Å². The lowest BCUT2D eigenvalue weighted by Crippen LogP contribution is -2.27. The van der Waals surface area contributed by atoms with E-state index >= 15 is 0 Å². The number of carbonyl (C=O) groups is 2. The lowest BCUT2D eigenvalue weighted by molar-refractivity contribution is -0.116. The fraction of sp³-hybridized carbons (Fsp3) is 0.278. The molecule has 1 unspecified atom stereocenters. The first-order valence-corrected chi connectivity index (χ1v) is 8.05. The number of nitrogens with one attached hydrogen (secondary N) is 3. The van der Waals surface area contributed by atoms with Crippen LogP contribution in [0.5, 0.6) is 0 Å². The number of carbonyl (C=O) groups excluding carboxylic acids is 2. The topological polar surface area (TPSA) is 83.1 Å². The monoisotopic (exact) mass is 396 g/mol. The molecule has 1 atom stereocenters. The van der Waals surface area contributed by atoms with Crippen LogP contribution in [-0.2, 0) is 4.79 Å². The zero-order chi connectivity index (χ0) is 16.8. The van der Waals surface area contributed by atoms with Gasteiger partial charge in [-0.05, 0) is 49.7 Å². The molecule has 1 aliphatic rings. The van der Waals surface area contributed by atoms with Crippen LogP contribution in [0, 0.1) is 0 Å². The predicted octanol–water partition coefficient (Wildman–Crippen LogP) is 3.26. The highest BCUT2D eigenvalue weighted by Crippen LogP contribution is 2.15. The standard InChI is InChI=1S/C18H20N4O2.2ClH/c23-17(12-15-5-2-8-20-15)21-16-4-1-3-13(11-16)18(24)22-14-6-9-19-10-7-14;;/h1,3-4,6-7,9-11,15,20H,2,5,8,12H2,(H,21,23)(H,19,22,24);2*1H. The summed E-state index contributed by atoms with van der Waals surface area (Å²) < 4.78 is 0. The molecule has 1 aliphatic heterocycles. The van der Waals surface area contributed by atoms with Crippen molar-refractivity contribution in [1.82, 2.24) is 10.3 Å². The molecule has 1 saturated heterocycles. The van der Waals surface area contributed by atoms with Crippen LogP contribution in [0.15, 0.2) is 48.8 Å². The molecule has 1 aromatic heterocycles. The summed E-state index contributed by atoms with van der Waals surface area (Å²) in [6, 6.07) is 10.6. The number of benzene rings is 1. The summed E-state index contributed by atoms with van der Waals surface area (Å²) in [5, 5.41) is 8.95. The molecule has 0 saturated carbocycles. The van der Waals surface area contributed by atoms with Crippen molar-refractivity contribution in [3.63, 3.8) is 0 Å². The maximum absolute atomic E-state index is 12.3. The van der Waals surface area contributed by atoms with E-state index in [2.05, 4.69) is 20.9 Å². The Labute approximate surface area is 165 Å². The van der Waals surface area contributed by atoms with Gasteiger partial charge in [0, 0.05) is 41.8 Å². The van der Waals surface area contributed by atoms with Crippen LogP contribution in [0.1, 0.15) is 29.6 Å². The van der Waals surface area contributed by atoms with E-state index in [1.807, 2.05) is 0 Å². The largest absolute Gasteiger partial charge is 0.326 e. The molecule has 0 bridgehead atoms. The highest BCUT2D eigenvalue weighted by molar-refractivity contribution is 6.05. The average Bonchev–Trinajstić information content (AvgIpc) is 3.09. The van der Waals surface area contributed by atoms with Crippen LogP contribution in [0.25, 0.3) is 0 Å². The van der Waals surface area contributed by atoms with E-state index in [-0.39, 0.29) is 42.7 Å². The lowest BCUT2D eigenvalue weighted by Gasteiger charge is -2.11. The number of amides is 2. The van der Waals surface area contributed by atoms with Gasteiger partial charge in [0.2, 0.25) is 5.91 Å². The molecule has 0 radical (unpaired) electrons. The summed E-state index contributed by atoms with van der Waals surface area (Å²) in [7, 11) is 0. The maximum atomic E-state index is 12.3. The van der Waals surface area contributed by atoms with Gasteiger partial charge in [-0.25, -0.2) is 0 Å². The molecule has 2 amide bonds.